The molecule has 1 unspecified atom stereocenters. The van der Waals surface area contributed by atoms with Gasteiger partial charge in [-0.1, -0.05) is 11.6 Å². The van der Waals surface area contributed by atoms with Gasteiger partial charge >= 0.3 is 0 Å². The topological polar surface area (TPSA) is 48.5 Å². The fourth-order valence-corrected chi connectivity index (χ4v) is 2.95. The smallest absolute Gasteiger partial charge is 0.255 e. The van der Waals surface area contributed by atoms with Crippen LogP contribution in [0.4, 0.5) is 5.82 Å². The van der Waals surface area contributed by atoms with E-state index in [1.165, 1.54) is 0 Å². The van der Waals surface area contributed by atoms with Gasteiger partial charge in [0.15, 0.2) is 0 Å². The second-order valence-corrected chi connectivity index (χ2v) is 6.09. The van der Waals surface area contributed by atoms with Crippen molar-refractivity contribution in [3.63, 3.8) is 0 Å². The molecule has 1 aromatic heterocycles. The predicted molar refractivity (Wildman–Crippen MR) is 86.0 cm³/mol. The van der Waals surface area contributed by atoms with E-state index in [9.17, 15) is 4.79 Å². The van der Waals surface area contributed by atoms with E-state index >= 15 is 0 Å². The summed E-state index contributed by atoms with van der Waals surface area (Å²) in [6.07, 6.45) is 2.73. The second-order valence-electron chi connectivity index (χ2n) is 5.69. The molecule has 1 fully saturated rings. The van der Waals surface area contributed by atoms with Gasteiger partial charge in [-0.15, -0.1) is 0 Å². The van der Waals surface area contributed by atoms with E-state index in [0.29, 0.717) is 22.3 Å². The van der Waals surface area contributed by atoms with Crippen LogP contribution in [0.5, 0.6) is 0 Å². The molecule has 0 spiro atoms. The van der Waals surface area contributed by atoms with E-state index in [1.54, 1.807) is 17.2 Å². The van der Waals surface area contributed by atoms with Crippen LogP contribution in [0.3, 0.4) is 0 Å². The molecule has 0 radical (unpaired) electrons. The quantitative estimate of drug-likeness (QED) is 0.905. The SMILES string of the molecule is CCNc1ncc(C(=O)N(C)CC2CCN(C)C2)cc1Cl. The van der Waals surface area contributed by atoms with Gasteiger partial charge in [0, 0.05) is 32.9 Å². The zero-order valence-electron chi connectivity index (χ0n) is 12.9. The molecule has 21 heavy (non-hydrogen) atoms. The zero-order chi connectivity index (χ0) is 15.4. The van der Waals surface area contributed by atoms with Gasteiger partial charge in [-0.2, -0.15) is 0 Å². The molecule has 1 amide bonds. The van der Waals surface area contributed by atoms with Crippen LogP contribution in [0, 0.1) is 5.92 Å². The fourth-order valence-electron chi connectivity index (χ4n) is 2.72. The summed E-state index contributed by atoms with van der Waals surface area (Å²) in [5.74, 6) is 1.14. The minimum Gasteiger partial charge on any atom is -0.369 e. The number of hydrogen-bond acceptors (Lipinski definition) is 4. The van der Waals surface area contributed by atoms with Crippen molar-refractivity contribution in [2.24, 2.45) is 5.92 Å². The first-order chi connectivity index (χ1) is 10.0. The highest BCUT2D eigenvalue weighted by Crippen LogP contribution is 2.21. The molecule has 116 valence electrons. The summed E-state index contributed by atoms with van der Waals surface area (Å²) in [6.45, 7) is 5.65. The van der Waals surface area contributed by atoms with Crippen LogP contribution < -0.4 is 5.32 Å². The molecule has 0 aromatic carbocycles. The second kappa shape index (κ2) is 7.09. The maximum Gasteiger partial charge on any atom is 0.255 e. The third-order valence-electron chi connectivity index (χ3n) is 3.80. The standard InChI is InChI=1S/C15H23ClN4O/c1-4-17-14-13(16)7-12(8-18-14)15(21)20(3)10-11-5-6-19(2)9-11/h7-8,11H,4-6,9-10H2,1-3H3,(H,17,18). The van der Waals surface area contributed by atoms with Crippen molar-refractivity contribution in [1.82, 2.24) is 14.8 Å². The van der Waals surface area contributed by atoms with Gasteiger partial charge in [0.25, 0.3) is 5.91 Å². The van der Waals surface area contributed by atoms with Crippen molar-refractivity contribution < 1.29 is 4.79 Å². The molecule has 0 aliphatic carbocycles. The maximum absolute atomic E-state index is 12.4. The van der Waals surface area contributed by atoms with Crippen LogP contribution in [-0.2, 0) is 0 Å². The molecule has 0 saturated carbocycles. The summed E-state index contributed by atoms with van der Waals surface area (Å²) in [6, 6.07) is 1.69. The summed E-state index contributed by atoms with van der Waals surface area (Å²) in [4.78, 5) is 20.7. The minimum absolute atomic E-state index is 0.0259. The van der Waals surface area contributed by atoms with E-state index in [2.05, 4.69) is 22.2 Å². The largest absolute Gasteiger partial charge is 0.369 e. The number of aromatic nitrogens is 1. The number of likely N-dealkylation sites (tertiary alicyclic amines) is 1. The van der Waals surface area contributed by atoms with E-state index in [1.807, 2.05) is 14.0 Å². The van der Waals surface area contributed by atoms with Crippen LogP contribution >= 0.6 is 11.6 Å². The molecule has 2 heterocycles. The maximum atomic E-state index is 12.4. The molecular weight excluding hydrogens is 288 g/mol. The Balaban J connectivity index is 2.00. The molecule has 1 aliphatic heterocycles. The number of anilines is 1. The van der Waals surface area contributed by atoms with Crippen molar-refractivity contribution >= 4 is 23.3 Å². The molecule has 6 heteroatoms. The number of halogens is 1. The molecule has 1 aromatic rings. The number of nitrogens with one attached hydrogen (secondary N) is 1. The number of carbonyl (C=O) groups is 1. The Labute approximate surface area is 131 Å². The summed E-state index contributed by atoms with van der Waals surface area (Å²) >= 11 is 6.14. The Kier molecular flexibility index (Phi) is 5.42. The molecule has 5 nitrogen and oxygen atoms in total. The van der Waals surface area contributed by atoms with Crippen molar-refractivity contribution in [3.05, 3.63) is 22.8 Å². The number of nitrogens with zero attached hydrogens (tertiary/aromatic N) is 3. The lowest BCUT2D eigenvalue weighted by Gasteiger charge is -2.21. The van der Waals surface area contributed by atoms with Crippen LogP contribution in [0.15, 0.2) is 12.3 Å². The Bertz CT molecular complexity index is 508. The third kappa shape index (κ3) is 4.08. The number of amides is 1. The summed E-state index contributed by atoms with van der Waals surface area (Å²) in [5, 5.41) is 3.54. The lowest BCUT2D eigenvalue weighted by molar-refractivity contribution is 0.0773. The number of pyridine rings is 1. The van der Waals surface area contributed by atoms with Gasteiger partial charge in [0.2, 0.25) is 0 Å². The minimum atomic E-state index is -0.0259. The third-order valence-corrected chi connectivity index (χ3v) is 4.09. The first kappa shape index (κ1) is 16.0. The van der Waals surface area contributed by atoms with E-state index in [0.717, 1.165) is 32.6 Å². The van der Waals surface area contributed by atoms with Gasteiger partial charge in [0.1, 0.15) is 5.82 Å². The molecular formula is C15H23ClN4O. The van der Waals surface area contributed by atoms with Crippen LogP contribution in [0.1, 0.15) is 23.7 Å². The summed E-state index contributed by atoms with van der Waals surface area (Å²) in [7, 11) is 3.96. The highest BCUT2D eigenvalue weighted by molar-refractivity contribution is 6.33. The number of rotatable bonds is 5. The molecule has 2 rings (SSSR count). The molecule has 1 atom stereocenters. The predicted octanol–water partition coefficient (Wildman–Crippen LogP) is 2.19. The highest BCUT2D eigenvalue weighted by atomic mass is 35.5. The van der Waals surface area contributed by atoms with E-state index in [4.69, 9.17) is 11.6 Å². The van der Waals surface area contributed by atoms with Crippen molar-refractivity contribution in [1.29, 1.82) is 0 Å². The Hall–Kier alpha value is -1.33. The molecule has 0 bridgehead atoms. The van der Waals surface area contributed by atoms with E-state index < -0.39 is 0 Å². The van der Waals surface area contributed by atoms with Crippen molar-refractivity contribution in [2.45, 2.75) is 13.3 Å². The number of carbonyl (C=O) groups excluding carboxylic acids is 1. The normalized spacial score (nSPS) is 18.8. The molecule has 1 aliphatic rings. The van der Waals surface area contributed by atoms with Gasteiger partial charge in [0.05, 0.1) is 10.6 Å². The monoisotopic (exact) mass is 310 g/mol. The lowest BCUT2D eigenvalue weighted by Crippen LogP contribution is -2.32. The van der Waals surface area contributed by atoms with Crippen molar-refractivity contribution in [3.8, 4) is 0 Å². The summed E-state index contributed by atoms with van der Waals surface area (Å²) < 4.78 is 0. The van der Waals surface area contributed by atoms with Gasteiger partial charge in [-0.3, -0.25) is 4.79 Å². The van der Waals surface area contributed by atoms with Crippen LogP contribution in [-0.4, -0.2) is 61.0 Å². The zero-order valence-corrected chi connectivity index (χ0v) is 13.7. The average Bonchev–Trinajstić information content (AvgIpc) is 2.85. The fraction of sp³-hybridized carbons (Fsp3) is 0.600. The highest BCUT2D eigenvalue weighted by Gasteiger charge is 2.23. The first-order valence-electron chi connectivity index (χ1n) is 7.34. The molecule has 1 saturated heterocycles. The van der Waals surface area contributed by atoms with Gasteiger partial charge < -0.3 is 15.1 Å². The van der Waals surface area contributed by atoms with E-state index in [-0.39, 0.29) is 5.91 Å². The van der Waals surface area contributed by atoms with Gasteiger partial charge in [-0.25, -0.2) is 4.98 Å². The van der Waals surface area contributed by atoms with Crippen LogP contribution in [0.2, 0.25) is 5.02 Å². The average molecular weight is 311 g/mol. The Morgan fingerprint density at radius 1 is 1.62 bits per heavy atom. The summed E-state index contributed by atoms with van der Waals surface area (Å²) in [5.41, 5.74) is 0.538. The lowest BCUT2D eigenvalue weighted by atomic mass is 10.1. The first-order valence-corrected chi connectivity index (χ1v) is 7.72. The Morgan fingerprint density at radius 2 is 2.38 bits per heavy atom. The van der Waals surface area contributed by atoms with Gasteiger partial charge in [-0.05, 0) is 38.9 Å². The Morgan fingerprint density at radius 3 is 2.95 bits per heavy atom. The van der Waals surface area contributed by atoms with Crippen molar-refractivity contribution in [2.75, 3.05) is 45.6 Å². The number of hydrogen-bond donors (Lipinski definition) is 1. The van der Waals surface area contributed by atoms with Crippen LogP contribution in [0.25, 0.3) is 0 Å². The molecule has 1 N–H and O–H groups in total.